The largest absolute Gasteiger partial charge is 0.295 e. The Labute approximate surface area is 75.9 Å². The van der Waals surface area contributed by atoms with Crippen LogP contribution in [0.3, 0.4) is 0 Å². The number of allylic oxidation sites excluding steroid dienone is 2. The third kappa shape index (κ3) is 5.11. The molecule has 0 aliphatic rings. The number of carbonyl (C=O) groups is 1. The molecule has 0 atom stereocenters. The molecule has 0 radical (unpaired) electrons. The Morgan fingerprint density at radius 2 is 2.00 bits per heavy atom. The van der Waals surface area contributed by atoms with Gasteiger partial charge in [0.1, 0.15) is 0 Å². The first-order valence-corrected chi connectivity index (χ1v) is 4.79. The summed E-state index contributed by atoms with van der Waals surface area (Å²) in [7, 11) is 0. The first-order chi connectivity index (χ1) is 5.57. The average Bonchev–Trinajstić information content (AvgIpc) is 2.00. The molecule has 0 aromatic carbocycles. The van der Waals surface area contributed by atoms with Crippen LogP contribution in [0.5, 0.6) is 0 Å². The Balaban J connectivity index is 3.88. The minimum Gasteiger partial charge on any atom is -0.295 e. The van der Waals surface area contributed by atoms with Crippen molar-refractivity contribution >= 4 is 5.78 Å². The van der Waals surface area contributed by atoms with Crippen LogP contribution in [0.15, 0.2) is 11.6 Å². The van der Waals surface area contributed by atoms with E-state index >= 15 is 0 Å². The number of unbranched alkanes of at least 4 members (excludes halogenated alkanes) is 1. The van der Waals surface area contributed by atoms with Crippen LogP contribution in [0.2, 0.25) is 0 Å². The Bertz CT molecular complexity index is 166. The van der Waals surface area contributed by atoms with E-state index in [1.54, 1.807) is 6.08 Å². The standard InChI is InChI=1S/C11H20O/c1-5-6-7-11(12)8-10(4)9(2)3/h8-9H,5-7H2,1-4H3. The summed E-state index contributed by atoms with van der Waals surface area (Å²) >= 11 is 0. The molecule has 0 fully saturated rings. The second-order valence-corrected chi connectivity index (χ2v) is 3.61. The first-order valence-electron chi connectivity index (χ1n) is 4.79. The number of hydrogen-bond donors (Lipinski definition) is 0. The minimum absolute atomic E-state index is 0.281. The van der Waals surface area contributed by atoms with E-state index in [4.69, 9.17) is 0 Å². The van der Waals surface area contributed by atoms with Gasteiger partial charge in [0, 0.05) is 6.42 Å². The lowest BCUT2D eigenvalue weighted by Gasteiger charge is -2.03. The van der Waals surface area contributed by atoms with Crippen molar-refractivity contribution < 1.29 is 4.79 Å². The van der Waals surface area contributed by atoms with Gasteiger partial charge in [0.15, 0.2) is 5.78 Å². The fourth-order valence-corrected chi connectivity index (χ4v) is 0.844. The zero-order valence-corrected chi connectivity index (χ0v) is 8.68. The highest BCUT2D eigenvalue weighted by Gasteiger charge is 2.00. The second-order valence-electron chi connectivity index (χ2n) is 3.61. The Kier molecular flexibility index (Phi) is 5.69. The van der Waals surface area contributed by atoms with E-state index in [-0.39, 0.29) is 5.78 Å². The van der Waals surface area contributed by atoms with Gasteiger partial charge in [0.05, 0.1) is 0 Å². The summed E-state index contributed by atoms with van der Waals surface area (Å²) < 4.78 is 0. The molecule has 0 spiro atoms. The normalized spacial score (nSPS) is 12.2. The van der Waals surface area contributed by atoms with Crippen LogP contribution >= 0.6 is 0 Å². The molecule has 12 heavy (non-hydrogen) atoms. The molecule has 0 saturated heterocycles. The topological polar surface area (TPSA) is 17.1 Å². The van der Waals surface area contributed by atoms with Crippen molar-refractivity contribution in [2.24, 2.45) is 5.92 Å². The van der Waals surface area contributed by atoms with Crippen LogP contribution in [0.1, 0.15) is 47.0 Å². The van der Waals surface area contributed by atoms with Gasteiger partial charge in [-0.05, 0) is 25.3 Å². The molecule has 0 N–H and O–H groups in total. The van der Waals surface area contributed by atoms with Gasteiger partial charge in [-0.1, -0.05) is 32.8 Å². The Hall–Kier alpha value is -0.590. The molecule has 0 amide bonds. The van der Waals surface area contributed by atoms with Gasteiger partial charge in [0.2, 0.25) is 0 Å². The Morgan fingerprint density at radius 1 is 1.42 bits per heavy atom. The summed E-state index contributed by atoms with van der Waals surface area (Å²) in [5, 5.41) is 0. The third-order valence-electron chi connectivity index (χ3n) is 2.08. The van der Waals surface area contributed by atoms with Crippen molar-refractivity contribution in [3.63, 3.8) is 0 Å². The van der Waals surface area contributed by atoms with E-state index in [2.05, 4.69) is 20.8 Å². The zero-order valence-electron chi connectivity index (χ0n) is 8.68. The molecule has 0 heterocycles. The molecule has 0 bridgehead atoms. The van der Waals surface area contributed by atoms with Crippen molar-refractivity contribution in [3.05, 3.63) is 11.6 Å². The average molecular weight is 168 g/mol. The molecular formula is C11H20O. The zero-order chi connectivity index (χ0) is 9.56. The summed E-state index contributed by atoms with van der Waals surface area (Å²) in [6, 6.07) is 0. The summed E-state index contributed by atoms with van der Waals surface area (Å²) in [6.07, 6.45) is 4.61. The van der Waals surface area contributed by atoms with E-state index in [1.165, 1.54) is 5.57 Å². The van der Waals surface area contributed by atoms with Gasteiger partial charge in [-0.15, -0.1) is 0 Å². The fourth-order valence-electron chi connectivity index (χ4n) is 0.844. The summed E-state index contributed by atoms with van der Waals surface area (Å²) in [5.41, 5.74) is 1.19. The predicted octanol–water partition coefficient (Wildman–Crippen LogP) is 3.35. The maximum atomic E-state index is 11.2. The lowest BCUT2D eigenvalue weighted by atomic mass is 10.0. The van der Waals surface area contributed by atoms with Crippen molar-refractivity contribution in [1.82, 2.24) is 0 Å². The molecular weight excluding hydrogens is 148 g/mol. The highest BCUT2D eigenvalue weighted by atomic mass is 16.1. The van der Waals surface area contributed by atoms with E-state index in [0.29, 0.717) is 12.3 Å². The number of carbonyl (C=O) groups excluding carboxylic acids is 1. The van der Waals surface area contributed by atoms with Gasteiger partial charge < -0.3 is 0 Å². The molecule has 0 rings (SSSR count). The van der Waals surface area contributed by atoms with Crippen LogP contribution in [0, 0.1) is 5.92 Å². The minimum atomic E-state index is 0.281. The second kappa shape index (κ2) is 5.99. The van der Waals surface area contributed by atoms with Gasteiger partial charge >= 0.3 is 0 Å². The lowest BCUT2D eigenvalue weighted by molar-refractivity contribution is -0.114. The van der Waals surface area contributed by atoms with Gasteiger partial charge in [-0.2, -0.15) is 0 Å². The molecule has 70 valence electrons. The third-order valence-corrected chi connectivity index (χ3v) is 2.08. The SMILES string of the molecule is CCCCC(=O)C=C(C)C(C)C. The number of ketones is 1. The maximum Gasteiger partial charge on any atom is 0.155 e. The molecule has 0 aromatic rings. The van der Waals surface area contributed by atoms with Crippen LogP contribution in [-0.2, 0) is 4.79 Å². The maximum absolute atomic E-state index is 11.2. The van der Waals surface area contributed by atoms with E-state index in [9.17, 15) is 4.79 Å². The van der Waals surface area contributed by atoms with E-state index in [1.807, 2.05) is 6.92 Å². The number of hydrogen-bond acceptors (Lipinski definition) is 1. The molecule has 1 heteroatoms. The Morgan fingerprint density at radius 3 is 2.42 bits per heavy atom. The van der Waals surface area contributed by atoms with Crippen LogP contribution in [-0.4, -0.2) is 5.78 Å². The molecule has 0 aliphatic carbocycles. The fraction of sp³-hybridized carbons (Fsp3) is 0.727. The molecule has 0 aromatic heterocycles. The number of rotatable bonds is 5. The summed E-state index contributed by atoms with van der Waals surface area (Å²) in [6.45, 7) is 8.35. The van der Waals surface area contributed by atoms with Gasteiger partial charge in [0.25, 0.3) is 0 Å². The summed E-state index contributed by atoms with van der Waals surface area (Å²) in [5.74, 6) is 0.777. The van der Waals surface area contributed by atoms with Crippen molar-refractivity contribution in [1.29, 1.82) is 0 Å². The summed E-state index contributed by atoms with van der Waals surface area (Å²) in [4.78, 5) is 11.2. The van der Waals surface area contributed by atoms with Crippen LogP contribution in [0.25, 0.3) is 0 Å². The molecule has 0 unspecified atom stereocenters. The van der Waals surface area contributed by atoms with Crippen LogP contribution < -0.4 is 0 Å². The first kappa shape index (κ1) is 11.4. The molecule has 0 aliphatic heterocycles. The molecule has 0 saturated carbocycles. The van der Waals surface area contributed by atoms with Gasteiger partial charge in [-0.3, -0.25) is 4.79 Å². The van der Waals surface area contributed by atoms with Crippen LogP contribution in [0.4, 0.5) is 0 Å². The predicted molar refractivity (Wildman–Crippen MR) is 53.1 cm³/mol. The lowest BCUT2D eigenvalue weighted by Crippen LogP contribution is -1.97. The van der Waals surface area contributed by atoms with Crippen molar-refractivity contribution in [2.75, 3.05) is 0 Å². The monoisotopic (exact) mass is 168 g/mol. The van der Waals surface area contributed by atoms with Crippen molar-refractivity contribution in [2.45, 2.75) is 47.0 Å². The highest BCUT2D eigenvalue weighted by molar-refractivity contribution is 5.90. The smallest absolute Gasteiger partial charge is 0.155 e. The highest BCUT2D eigenvalue weighted by Crippen LogP contribution is 2.08. The van der Waals surface area contributed by atoms with Crippen molar-refractivity contribution in [3.8, 4) is 0 Å². The van der Waals surface area contributed by atoms with E-state index < -0.39 is 0 Å². The quantitative estimate of drug-likeness (QED) is 0.575. The van der Waals surface area contributed by atoms with E-state index in [0.717, 1.165) is 12.8 Å². The molecule has 1 nitrogen and oxygen atoms in total. The van der Waals surface area contributed by atoms with Gasteiger partial charge in [-0.25, -0.2) is 0 Å².